The first-order valence-corrected chi connectivity index (χ1v) is 8.27. The van der Waals surface area contributed by atoms with Crippen molar-refractivity contribution in [1.29, 1.82) is 0 Å². The van der Waals surface area contributed by atoms with Crippen LogP contribution in [0.25, 0.3) is 0 Å². The highest BCUT2D eigenvalue weighted by Gasteiger charge is 2.39. The Morgan fingerprint density at radius 1 is 1.00 bits per heavy atom. The van der Waals surface area contributed by atoms with Crippen LogP contribution in [0.5, 0.6) is 0 Å². The maximum Gasteiger partial charge on any atom is 0.0247 e. The van der Waals surface area contributed by atoms with E-state index in [0.29, 0.717) is 0 Å². The van der Waals surface area contributed by atoms with Gasteiger partial charge in [-0.15, -0.1) is 0 Å². The van der Waals surface area contributed by atoms with Crippen molar-refractivity contribution >= 4 is 0 Å². The molecule has 0 aromatic carbocycles. The topological polar surface area (TPSA) is 15.8 Å². The molecule has 114 valence electrons. The normalized spacial score (nSPS) is 21.4. The number of aromatic amines is 1. The number of hydrogen-bond acceptors (Lipinski definition) is 0. The maximum absolute atomic E-state index is 3.87. The zero-order chi connectivity index (χ0) is 15.3. The van der Waals surface area contributed by atoms with Gasteiger partial charge in [0.1, 0.15) is 0 Å². The summed E-state index contributed by atoms with van der Waals surface area (Å²) in [7, 11) is 0. The van der Waals surface area contributed by atoms with Crippen LogP contribution in [0.1, 0.15) is 96.7 Å². The molecule has 0 aliphatic carbocycles. The van der Waals surface area contributed by atoms with E-state index in [2.05, 4.69) is 60.4 Å². The van der Waals surface area contributed by atoms with Gasteiger partial charge in [0.2, 0.25) is 0 Å². The first-order valence-electron chi connectivity index (χ1n) is 8.27. The average Bonchev–Trinajstić information content (AvgIpc) is 2.68. The smallest absolute Gasteiger partial charge is 0.0247 e. The fourth-order valence-corrected chi connectivity index (χ4v) is 4.02. The second kappa shape index (κ2) is 4.64. The number of aromatic nitrogens is 1. The summed E-state index contributed by atoms with van der Waals surface area (Å²) >= 11 is 0. The van der Waals surface area contributed by atoms with Crippen molar-refractivity contribution in [2.75, 3.05) is 0 Å². The quantitative estimate of drug-likeness (QED) is 0.707. The zero-order valence-electron chi connectivity index (χ0n) is 14.8. The molecule has 0 saturated heterocycles. The molecule has 2 heterocycles. The number of H-pyrrole nitrogens is 1. The second-order valence-electron chi connectivity index (χ2n) is 8.73. The Balaban J connectivity index is 2.76. The lowest BCUT2D eigenvalue weighted by Crippen LogP contribution is -2.27. The van der Waals surface area contributed by atoms with Crippen molar-refractivity contribution in [2.45, 2.75) is 97.3 Å². The van der Waals surface area contributed by atoms with Crippen LogP contribution in [-0.4, -0.2) is 4.98 Å². The molecule has 0 atom stereocenters. The second-order valence-corrected chi connectivity index (χ2v) is 8.73. The molecule has 20 heavy (non-hydrogen) atoms. The highest BCUT2D eigenvalue weighted by atomic mass is 14.8. The van der Waals surface area contributed by atoms with Gasteiger partial charge in [0.15, 0.2) is 0 Å². The fourth-order valence-electron chi connectivity index (χ4n) is 4.02. The van der Waals surface area contributed by atoms with Crippen molar-refractivity contribution in [3.05, 3.63) is 22.5 Å². The largest absolute Gasteiger partial charge is 0.361 e. The molecule has 1 nitrogen and oxygen atoms in total. The molecule has 1 aliphatic heterocycles. The van der Waals surface area contributed by atoms with Crippen molar-refractivity contribution in [2.24, 2.45) is 0 Å². The third-order valence-corrected chi connectivity index (χ3v) is 5.77. The molecular formula is C19H33N. The molecule has 2 bridgehead atoms. The van der Waals surface area contributed by atoms with E-state index in [1.165, 1.54) is 42.6 Å². The van der Waals surface area contributed by atoms with Gasteiger partial charge in [-0.25, -0.2) is 0 Å². The van der Waals surface area contributed by atoms with Crippen LogP contribution in [-0.2, 0) is 16.2 Å². The van der Waals surface area contributed by atoms with Gasteiger partial charge in [-0.05, 0) is 42.7 Å². The summed E-state index contributed by atoms with van der Waals surface area (Å²) in [5.41, 5.74) is 6.90. The Kier molecular flexibility index (Phi) is 3.64. The van der Waals surface area contributed by atoms with E-state index in [9.17, 15) is 0 Å². The number of fused-ring (bicyclic) bond motifs is 2. The van der Waals surface area contributed by atoms with Crippen LogP contribution in [0, 0.1) is 6.92 Å². The molecule has 1 aliphatic rings. The molecule has 0 saturated carbocycles. The predicted molar refractivity (Wildman–Crippen MR) is 88.7 cm³/mol. The molecule has 1 aromatic heterocycles. The van der Waals surface area contributed by atoms with Crippen molar-refractivity contribution < 1.29 is 0 Å². The summed E-state index contributed by atoms with van der Waals surface area (Å²) in [5, 5.41) is 0. The van der Waals surface area contributed by atoms with E-state index in [-0.39, 0.29) is 16.2 Å². The fraction of sp³-hybridized carbons (Fsp3) is 0.789. The molecular weight excluding hydrogens is 242 g/mol. The standard InChI is InChI=1S/C19H33N/c1-9-17(3,4)14-13(2)15-18(5,6)11-10-12-19(7,8)16(14)20-15/h20H,9-12H2,1-8H3. The monoisotopic (exact) mass is 275 g/mol. The van der Waals surface area contributed by atoms with Crippen LogP contribution < -0.4 is 0 Å². The van der Waals surface area contributed by atoms with Crippen LogP contribution in [0.4, 0.5) is 0 Å². The molecule has 0 unspecified atom stereocenters. The van der Waals surface area contributed by atoms with Crippen LogP contribution in [0.2, 0.25) is 0 Å². The molecule has 0 radical (unpaired) electrons. The minimum Gasteiger partial charge on any atom is -0.361 e. The molecule has 0 fully saturated rings. The first kappa shape index (κ1) is 15.7. The zero-order valence-corrected chi connectivity index (χ0v) is 14.8. The summed E-state index contributed by atoms with van der Waals surface area (Å²) in [4.78, 5) is 3.87. The maximum atomic E-state index is 3.87. The van der Waals surface area contributed by atoms with Crippen molar-refractivity contribution in [1.82, 2.24) is 4.98 Å². The molecule has 0 amide bonds. The molecule has 1 aromatic rings. The minimum absolute atomic E-state index is 0.256. The van der Waals surface area contributed by atoms with Crippen molar-refractivity contribution in [3.8, 4) is 0 Å². The highest BCUT2D eigenvalue weighted by molar-refractivity contribution is 5.47. The predicted octanol–water partition coefficient (Wildman–Crippen LogP) is 5.75. The lowest BCUT2D eigenvalue weighted by Gasteiger charge is -2.33. The number of rotatable bonds is 2. The lowest BCUT2D eigenvalue weighted by molar-refractivity contribution is 0.361. The Morgan fingerprint density at radius 2 is 1.50 bits per heavy atom. The van der Waals surface area contributed by atoms with Gasteiger partial charge in [0.25, 0.3) is 0 Å². The van der Waals surface area contributed by atoms with E-state index in [1.54, 1.807) is 5.56 Å². The first-order chi connectivity index (χ1) is 9.03. The van der Waals surface area contributed by atoms with Gasteiger partial charge in [-0.2, -0.15) is 0 Å². The summed E-state index contributed by atoms with van der Waals surface area (Å²) in [6.07, 6.45) is 5.07. The average molecular weight is 275 g/mol. The SMILES string of the molecule is CCC(C)(C)c1c2[nH]c(c1C)C(C)(C)CCCC2(C)C. The summed E-state index contributed by atoms with van der Waals surface area (Å²) in [5.74, 6) is 0. The number of nitrogens with one attached hydrogen (secondary N) is 1. The molecule has 2 rings (SSSR count). The van der Waals surface area contributed by atoms with Gasteiger partial charge in [0, 0.05) is 22.2 Å². The Morgan fingerprint density at radius 3 is 2.00 bits per heavy atom. The van der Waals surface area contributed by atoms with Crippen LogP contribution >= 0.6 is 0 Å². The van der Waals surface area contributed by atoms with Gasteiger partial charge >= 0.3 is 0 Å². The molecule has 1 heteroatoms. The van der Waals surface area contributed by atoms with Gasteiger partial charge in [-0.1, -0.05) is 54.9 Å². The summed E-state index contributed by atoms with van der Waals surface area (Å²) in [6.45, 7) is 19.1. The Hall–Kier alpha value is -0.720. The van der Waals surface area contributed by atoms with Gasteiger partial charge in [-0.3, -0.25) is 0 Å². The Bertz CT molecular complexity index is 500. The lowest BCUT2D eigenvalue weighted by atomic mass is 9.73. The van der Waals surface area contributed by atoms with E-state index in [4.69, 9.17) is 0 Å². The Labute approximate surface area is 125 Å². The van der Waals surface area contributed by atoms with E-state index in [0.717, 1.165) is 0 Å². The molecule has 1 N–H and O–H groups in total. The number of hydrogen-bond donors (Lipinski definition) is 1. The third-order valence-electron chi connectivity index (χ3n) is 5.77. The highest BCUT2D eigenvalue weighted by Crippen LogP contribution is 2.46. The van der Waals surface area contributed by atoms with E-state index >= 15 is 0 Å². The van der Waals surface area contributed by atoms with E-state index < -0.39 is 0 Å². The van der Waals surface area contributed by atoms with Crippen molar-refractivity contribution in [3.63, 3.8) is 0 Å². The van der Waals surface area contributed by atoms with E-state index in [1.807, 2.05) is 0 Å². The molecule has 0 spiro atoms. The minimum atomic E-state index is 0.256. The van der Waals surface area contributed by atoms with Crippen LogP contribution in [0.3, 0.4) is 0 Å². The van der Waals surface area contributed by atoms with Crippen LogP contribution in [0.15, 0.2) is 0 Å². The van der Waals surface area contributed by atoms with Gasteiger partial charge in [0.05, 0.1) is 0 Å². The third kappa shape index (κ3) is 2.34. The van der Waals surface area contributed by atoms with Gasteiger partial charge < -0.3 is 4.98 Å². The summed E-state index contributed by atoms with van der Waals surface area (Å²) < 4.78 is 0. The summed E-state index contributed by atoms with van der Waals surface area (Å²) in [6, 6.07) is 0.